The van der Waals surface area contributed by atoms with Crippen LogP contribution < -0.4 is 0 Å². The van der Waals surface area contributed by atoms with Crippen LogP contribution in [-0.2, 0) is 0 Å². The van der Waals surface area contributed by atoms with Gasteiger partial charge in [0.25, 0.3) is 0 Å². The third-order valence-electron chi connectivity index (χ3n) is 4.97. The fraction of sp³-hybridized carbons (Fsp3) is 0.0400. The van der Waals surface area contributed by atoms with E-state index in [1.165, 1.54) is 21.9 Å². The van der Waals surface area contributed by atoms with Gasteiger partial charge in [-0.05, 0) is 29.5 Å². The molecular formula is C25H18N2. The standard InChI is InChI=1S/C25H18N2/c1-17-26-24(21-13-11-19(12-14-21)18-7-3-2-4-8-18)23-16-15-20-9-5-6-10-22(20)25(23)27-17/h2-16H,1H3. The second-order valence-electron chi connectivity index (χ2n) is 6.75. The van der Waals surface area contributed by atoms with Crippen molar-refractivity contribution in [1.29, 1.82) is 0 Å². The lowest BCUT2D eigenvalue weighted by molar-refractivity contribution is 1.10. The molecule has 0 fully saturated rings. The number of nitrogens with zero attached hydrogens (tertiary/aromatic N) is 2. The summed E-state index contributed by atoms with van der Waals surface area (Å²) in [4.78, 5) is 9.51. The molecule has 27 heavy (non-hydrogen) atoms. The molecule has 1 heterocycles. The van der Waals surface area contributed by atoms with Gasteiger partial charge in [0.15, 0.2) is 0 Å². The molecule has 1 aromatic heterocycles. The summed E-state index contributed by atoms with van der Waals surface area (Å²) in [6.45, 7) is 1.96. The first kappa shape index (κ1) is 15.7. The maximum Gasteiger partial charge on any atom is 0.126 e. The molecule has 128 valence electrons. The minimum Gasteiger partial charge on any atom is -0.233 e. The summed E-state index contributed by atoms with van der Waals surface area (Å²) in [7, 11) is 0. The maximum atomic E-state index is 4.77. The van der Waals surface area contributed by atoms with Gasteiger partial charge in [-0.3, -0.25) is 0 Å². The smallest absolute Gasteiger partial charge is 0.126 e. The molecule has 0 bridgehead atoms. The number of benzene rings is 4. The number of aryl methyl sites for hydroxylation is 1. The van der Waals surface area contributed by atoms with E-state index in [0.717, 1.165) is 28.0 Å². The van der Waals surface area contributed by atoms with E-state index < -0.39 is 0 Å². The third-order valence-corrected chi connectivity index (χ3v) is 4.97. The maximum absolute atomic E-state index is 4.77. The molecule has 0 radical (unpaired) electrons. The van der Waals surface area contributed by atoms with Gasteiger partial charge in [0.05, 0.1) is 11.2 Å². The minimum atomic E-state index is 0.793. The third kappa shape index (κ3) is 2.76. The van der Waals surface area contributed by atoms with Crippen molar-refractivity contribution < 1.29 is 0 Å². The van der Waals surface area contributed by atoms with Crippen LogP contribution >= 0.6 is 0 Å². The normalized spacial score (nSPS) is 11.1. The number of fused-ring (bicyclic) bond motifs is 3. The van der Waals surface area contributed by atoms with E-state index in [4.69, 9.17) is 9.97 Å². The zero-order valence-corrected chi connectivity index (χ0v) is 15.1. The topological polar surface area (TPSA) is 25.8 Å². The van der Waals surface area contributed by atoms with E-state index in [0.29, 0.717) is 0 Å². The highest BCUT2D eigenvalue weighted by atomic mass is 14.9. The summed E-state index contributed by atoms with van der Waals surface area (Å²) < 4.78 is 0. The largest absolute Gasteiger partial charge is 0.233 e. The molecule has 0 spiro atoms. The molecule has 0 N–H and O–H groups in total. The molecule has 0 amide bonds. The second-order valence-corrected chi connectivity index (χ2v) is 6.75. The molecule has 5 rings (SSSR count). The van der Waals surface area contributed by atoms with Crippen molar-refractivity contribution in [1.82, 2.24) is 9.97 Å². The Hall–Kier alpha value is -3.52. The highest BCUT2D eigenvalue weighted by Crippen LogP contribution is 2.32. The number of hydrogen-bond acceptors (Lipinski definition) is 2. The minimum absolute atomic E-state index is 0.793. The van der Waals surface area contributed by atoms with E-state index in [-0.39, 0.29) is 0 Å². The van der Waals surface area contributed by atoms with Crippen LogP contribution in [0.3, 0.4) is 0 Å². The molecule has 0 atom stereocenters. The van der Waals surface area contributed by atoms with Crippen molar-refractivity contribution in [3.63, 3.8) is 0 Å². The van der Waals surface area contributed by atoms with Crippen LogP contribution in [0.1, 0.15) is 5.82 Å². The van der Waals surface area contributed by atoms with Gasteiger partial charge in [-0.2, -0.15) is 0 Å². The van der Waals surface area contributed by atoms with Crippen molar-refractivity contribution in [2.75, 3.05) is 0 Å². The average molecular weight is 346 g/mol. The Morgan fingerprint density at radius 1 is 0.519 bits per heavy atom. The lowest BCUT2D eigenvalue weighted by Gasteiger charge is -2.10. The van der Waals surface area contributed by atoms with Gasteiger partial charge in [-0.25, -0.2) is 9.97 Å². The summed E-state index contributed by atoms with van der Waals surface area (Å²) in [5, 5.41) is 3.46. The van der Waals surface area contributed by atoms with Crippen molar-refractivity contribution in [2.24, 2.45) is 0 Å². The highest BCUT2D eigenvalue weighted by Gasteiger charge is 2.11. The fourth-order valence-corrected chi connectivity index (χ4v) is 3.65. The van der Waals surface area contributed by atoms with E-state index >= 15 is 0 Å². The predicted molar refractivity (Wildman–Crippen MR) is 113 cm³/mol. The van der Waals surface area contributed by atoms with Gasteiger partial charge < -0.3 is 0 Å². The van der Waals surface area contributed by atoms with Crippen LogP contribution in [0, 0.1) is 6.92 Å². The van der Waals surface area contributed by atoms with Gasteiger partial charge in [0.2, 0.25) is 0 Å². The van der Waals surface area contributed by atoms with Crippen molar-refractivity contribution in [3.05, 3.63) is 96.8 Å². The van der Waals surface area contributed by atoms with Crippen molar-refractivity contribution >= 4 is 21.7 Å². The molecule has 4 aromatic carbocycles. The summed E-state index contributed by atoms with van der Waals surface area (Å²) in [5.41, 5.74) is 5.55. The summed E-state index contributed by atoms with van der Waals surface area (Å²) in [5.74, 6) is 0.793. The first-order chi connectivity index (χ1) is 13.3. The Labute approximate surface area is 158 Å². The van der Waals surface area contributed by atoms with Crippen LogP contribution in [0.2, 0.25) is 0 Å². The molecular weight excluding hydrogens is 328 g/mol. The van der Waals surface area contributed by atoms with Crippen LogP contribution in [0.5, 0.6) is 0 Å². The Bertz CT molecular complexity index is 1260. The first-order valence-corrected chi connectivity index (χ1v) is 9.11. The Kier molecular flexibility index (Phi) is 3.68. The molecule has 2 nitrogen and oxygen atoms in total. The van der Waals surface area contributed by atoms with E-state index in [1.54, 1.807) is 0 Å². The van der Waals surface area contributed by atoms with Crippen LogP contribution in [-0.4, -0.2) is 9.97 Å². The molecule has 0 saturated carbocycles. The van der Waals surface area contributed by atoms with Crippen LogP contribution in [0.4, 0.5) is 0 Å². The Morgan fingerprint density at radius 2 is 1.19 bits per heavy atom. The van der Waals surface area contributed by atoms with Crippen LogP contribution in [0.25, 0.3) is 44.1 Å². The highest BCUT2D eigenvalue weighted by molar-refractivity contribution is 6.09. The first-order valence-electron chi connectivity index (χ1n) is 9.11. The number of rotatable bonds is 2. The molecule has 0 aliphatic carbocycles. The quantitative estimate of drug-likeness (QED) is 0.344. The van der Waals surface area contributed by atoms with Gasteiger partial charge in [0.1, 0.15) is 5.82 Å². The molecule has 0 aliphatic heterocycles. The number of hydrogen-bond donors (Lipinski definition) is 0. The SMILES string of the molecule is Cc1nc(-c2ccc(-c3ccccc3)cc2)c2ccc3ccccc3c2n1. The zero-order chi connectivity index (χ0) is 18.2. The summed E-state index contributed by atoms with van der Waals surface area (Å²) >= 11 is 0. The molecule has 2 heteroatoms. The lowest BCUT2D eigenvalue weighted by Crippen LogP contribution is -1.95. The van der Waals surface area contributed by atoms with E-state index in [1.807, 2.05) is 13.0 Å². The van der Waals surface area contributed by atoms with Gasteiger partial charge >= 0.3 is 0 Å². The summed E-state index contributed by atoms with van der Waals surface area (Å²) in [6, 6.07) is 31.7. The Balaban J connectivity index is 1.70. The van der Waals surface area contributed by atoms with Gasteiger partial charge in [0, 0.05) is 16.3 Å². The van der Waals surface area contributed by atoms with Crippen molar-refractivity contribution in [2.45, 2.75) is 6.92 Å². The van der Waals surface area contributed by atoms with Gasteiger partial charge in [-0.15, -0.1) is 0 Å². The number of aromatic nitrogens is 2. The summed E-state index contributed by atoms with van der Waals surface area (Å²) in [6.07, 6.45) is 0. The second kappa shape index (κ2) is 6.33. The van der Waals surface area contributed by atoms with Crippen molar-refractivity contribution in [3.8, 4) is 22.4 Å². The fourth-order valence-electron chi connectivity index (χ4n) is 3.65. The Morgan fingerprint density at radius 3 is 2.00 bits per heavy atom. The monoisotopic (exact) mass is 346 g/mol. The molecule has 0 saturated heterocycles. The van der Waals surface area contributed by atoms with Crippen LogP contribution in [0.15, 0.2) is 91.0 Å². The average Bonchev–Trinajstić information content (AvgIpc) is 2.74. The predicted octanol–water partition coefficient (Wildman–Crippen LogP) is 6.43. The van der Waals surface area contributed by atoms with E-state index in [9.17, 15) is 0 Å². The van der Waals surface area contributed by atoms with E-state index in [2.05, 4.69) is 84.9 Å². The molecule has 5 aromatic rings. The lowest BCUT2D eigenvalue weighted by atomic mass is 9.99. The zero-order valence-electron chi connectivity index (χ0n) is 15.1. The molecule has 0 unspecified atom stereocenters. The van der Waals surface area contributed by atoms with Gasteiger partial charge in [-0.1, -0.05) is 84.9 Å². The molecule has 0 aliphatic rings.